The lowest BCUT2D eigenvalue weighted by Crippen LogP contribution is -2.15. The summed E-state index contributed by atoms with van der Waals surface area (Å²) in [5.41, 5.74) is 0. The van der Waals surface area contributed by atoms with Gasteiger partial charge in [0.05, 0.1) is 6.04 Å². The molecule has 0 aliphatic carbocycles. The summed E-state index contributed by atoms with van der Waals surface area (Å²) in [7, 11) is 2.03. The molecule has 0 bridgehead atoms. The zero-order valence-electron chi connectivity index (χ0n) is 14.4. The Morgan fingerprint density at radius 2 is 1.48 bits per heavy atom. The maximum atomic E-state index is 5.72. The molecule has 0 radical (unpaired) electrons. The molecular formula is C19H35NO. The Kier molecular flexibility index (Phi) is 10.3. The smallest absolute Gasteiger partial charge is 0.121 e. The zero-order valence-corrected chi connectivity index (χ0v) is 14.4. The minimum absolute atomic E-state index is 0.382. The normalized spacial score (nSPS) is 12.7. The van der Waals surface area contributed by atoms with Crippen LogP contribution in [0.2, 0.25) is 0 Å². The Hall–Kier alpha value is -0.760. The SMILES string of the molecule is CCCCCCCCCCCCC(NC)c1ccc(C)o1. The summed E-state index contributed by atoms with van der Waals surface area (Å²) in [6, 6.07) is 4.54. The van der Waals surface area contributed by atoms with Crippen LogP contribution in [-0.2, 0) is 0 Å². The second-order valence-electron chi connectivity index (χ2n) is 6.26. The topological polar surface area (TPSA) is 25.2 Å². The summed E-state index contributed by atoms with van der Waals surface area (Å²) < 4.78 is 5.72. The molecule has 1 unspecified atom stereocenters. The van der Waals surface area contributed by atoms with E-state index in [0.29, 0.717) is 6.04 Å². The number of unbranched alkanes of at least 4 members (excludes halogenated alkanes) is 9. The number of hydrogen-bond acceptors (Lipinski definition) is 2. The molecule has 2 nitrogen and oxygen atoms in total. The molecule has 0 aliphatic heterocycles. The molecule has 0 aromatic carbocycles. The van der Waals surface area contributed by atoms with Crippen LogP contribution >= 0.6 is 0 Å². The molecule has 0 amide bonds. The number of nitrogens with one attached hydrogen (secondary N) is 1. The van der Waals surface area contributed by atoms with Gasteiger partial charge >= 0.3 is 0 Å². The summed E-state index contributed by atoms with van der Waals surface area (Å²) in [4.78, 5) is 0. The van der Waals surface area contributed by atoms with Gasteiger partial charge in [0.1, 0.15) is 11.5 Å². The Morgan fingerprint density at radius 1 is 0.905 bits per heavy atom. The van der Waals surface area contributed by atoms with Crippen molar-refractivity contribution in [3.63, 3.8) is 0 Å². The van der Waals surface area contributed by atoms with Crippen molar-refractivity contribution in [1.29, 1.82) is 0 Å². The van der Waals surface area contributed by atoms with Crippen LogP contribution in [0.25, 0.3) is 0 Å². The van der Waals surface area contributed by atoms with Crippen LogP contribution < -0.4 is 5.32 Å². The molecule has 122 valence electrons. The van der Waals surface area contributed by atoms with Gasteiger partial charge in [0.15, 0.2) is 0 Å². The largest absolute Gasteiger partial charge is 0.465 e. The van der Waals surface area contributed by atoms with Gasteiger partial charge in [-0.2, -0.15) is 0 Å². The molecular weight excluding hydrogens is 258 g/mol. The maximum Gasteiger partial charge on any atom is 0.121 e. The van der Waals surface area contributed by atoms with E-state index in [2.05, 4.69) is 24.4 Å². The fraction of sp³-hybridized carbons (Fsp3) is 0.789. The van der Waals surface area contributed by atoms with Gasteiger partial charge in [-0.05, 0) is 32.5 Å². The lowest BCUT2D eigenvalue weighted by molar-refractivity contribution is 0.390. The monoisotopic (exact) mass is 293 g/mol. The van der Waals surface area contributed by atoms with Gasteiger partial charge in [-0.3, -0.25) is 0 Å². The highest BCUT2D eigenvalue weighted by atomic mass is 16.3. The summed E-state index contributed by atoms with van der Waals surface area (Å²) in [6.07, 6.45) is 15.1. The zero-order chi connectivity index (χ0) is 15.3. The van der Waals surface area contributed by atoms with E-state index < -0.39 is 0 Å². The van der Waals surface area contributed by atoms with Crippen molar-refractivity contribution < 1.29 is 4.42 Å². The van der Waals surface area contributed by atoms with Crippen LogP contribution in [0.1, 0.15) is 95.1 Å². The highest BCUT2D eigenvalue weighted by Crippen LogP contribution is 2.22. The number of aryl methyl sites for hydroxylation is 1. The van der Waals surface area contributed by atoms with Crippen molar-refractivity contribution in [2.45, 2.75) is 90.5 Å². The molecule has 0 aliphatic rings. The molecule has 1 atom stereocenters. The molecule has 0 fully saturated rings. The fourth-order valence-electron chi connectivity index (χ4n) is 2.91. The van der Waals surface area contributed by atoms with Gasteiger partial charge < -0.3 is 9.73 Å². The van der Waals surface area contributed by atoms with Gasteiger partial charge in [0.2, 0.25) is 0 Å². The molecule has 21 heavy (non-hydrogen) atoms. The van der Waals surface area contributed by atoms with Gasteiger partial charge in [0.25, 0.3) is 0 Å². The van der Waals surface area contributed by atoms with E-state index >= 15 is 0 Å². The number of rotatable bonds is 13. The van der Waals surface area contributed by atoms with Crippen LogP contribution in [0.15, 0.2) is 16.5 Å². The van der Waals surface area contributed by atoms with E-state index in [1.54, 1.807) is 0 Å². The average Bonchev–Trinajstić information content (AvgIpc) is 2.91. The van der Waals surface area contributed by atoms with Crippen molar-refractivity contribution in [2.75, 3.05) is 7.05 Å². The van der Waals surface area contributed by atoms with E-state index in [4.69, 9.17) is 4.42 Å². The second kappa shape index (κ2) is 11.9. The van der Waals surface area contributed by atoms with Gasteiger partial charge in [-0.1, -0.05) is 71.1 Å². The van der Waals surface area contributed by atoms with Crippen molar-refractivity contribution in [3.8, 4) is 0 Å². The Balaban J connectivity index is 1.98. The molecule has 1 heterocycles. The quantitative estimate of drug-likeness (QED) is 0.441. The van der Waals surface area contributed by atoms with E-state index in [1.807, 2.05) is 14.0 Å². The Bertz CT molecular complexity index is 345. The van der Waals surface area contributed by atoms with E-state index in [9.17, 15) is 0 Å². The Morgan fingerprint density at radius 3 is 1.95 bits per heavy atom. The minimum Gasteiger partial charge on any atom is -0.465 e. The van der Waals surface area contributed by atoms with Crippen LogP contribution in [0, 0.1) is 6.92 Å². The predicted molar refractivity (Wildman–Crippen MR) is 91.7 cm³/mol. The third kappa shape index (κ3) is 8.31. The van der Waals surface area contributed by atoms with Crippen molar-refractivity contribution in [2.24, 2.45) is 0 Å². The van der Waals surface area contributed by atoms with E-state index in [-0.39, 0.29) is 0 Å². The lowest BCUT2D eigenvalue weighted by atomic mass is 10.0. The molecule has 0 saturated carbocycles. The van der Waals surface area contributed by atoms with Crippen LogP contribution in [0.4, 0.5) is 0 Å². The van der Waals surface area contributed by atoms with Gasteiger partial charge in [-0.15, -0.1) is 0 Å². The maximum absolute atomic E-state index is 5.72. The highest BCUT2D eigenvalue weighted by molar-refractivity contribution is 5.09. The van der Waals surface area contributed by atoms with Crippen molar-refractivity contribution >= 4 is 0 Å². The first-order valence-electron chi connectivity index (χ1n) is 9.01. The second-order valence-corrected chi connectivity index (χ2v) is 6.26. The van der Waals surface area contributed by atoms with Crippen LogP contribution in [-0.4, -0.2) is 7.05 Å². The van der Waals surface area contributed by atoms with Crippen molar-refractivity contribution in [3.05, 3.63) is 23.7 Å². The van der Waals surface area contributed by atoms with E-state index in [1.165, 1.54) is 70.6 Å². The fourth-order valence-corrected chi connectivity index (χ4v) is 2.91. The minimum atomic E-state index is 0.382. The molecule has 0 spiro atoms. The first-order valence-corrected chi connectivity index (χ1v) is 9.01. The first-order chi connectivity index (χ1) is 10.3. The summed E-state index contributed by atoms with van der Waals surface area (Å²) in [5.74, 6) is 2.10. The molecule has 1 N–H and O–H groups in total. The predicted octanol–water partition coefficient (Wildman–Crippen LogP) is 6.16. The number of hydrogen-bond donors (Lipinski definition) is 1. The average molecular weight is 293 g/mol. The van der Waals surface area contributed by atoms with E-state index in [0.717, 1.165) is 11.5 Å². The standard InChI is InChI=1S/C19H35NO/c1-4-5-6-7-8-9-10-11-12-13-14-18(20-3)19-16-15-17(2)21-19/h15-16,18,20H,4-14H2,1-3H3. The molecule has 1 rings (SSSR count). The molecule has 1 aromatic heterocycles. The van der Waals surface area contributed by atoms with Gasteiger partial charge in [0, 0.05) is 0 Å². The van der Waals surface area contributed by atoms with Crippen molar-refractivity contribution in [1.82, 2.24) is 5.32 Å². The van der Waals surface area contributed by atoms with Gasteiger partial charge in [-0.25, -0.2) is 0 Å². The summed E-state index contributed by atoms with van der Waals surface area (Å²) in [5, 5.41) is 3.37. The Labute approximate surface area is 131 Å². The molecule has 0 saturated heterocycles. The van der Waals surface area contributed by atoms with Crippen LogP contribution in [0.5, 0.6) is 0 Å². The third-order valence-electron chi connectivity index (χ3n) is 4.30. The lowest BCUT2D eigenvalue weighted by Gasteiger charge is -2.13. The molecule has 1 aromatic rings. The van der Waals surface area contributed by atoms with Crippen LogP contribution in [0.3, 0.4) is 0 Å². The summed E-state index contributed by atoms with van der Waals surface area (Å²) >= 11 is 0. The third-order valence-corrected chi connectivity index (χ3v) is 4.30. The highest BCUT2D eigenvalue weighted by Gasteiger charge is 2.12. The number of furan rings is 1. The first kappa shape index (κ1) is 18.3. The summed E-state index contributed by atoms with van der Waals surface area (Å²) in [6.45, 7) is 4.29. The molecule has 2 heteroatoms.